The molecule has 3 aromatic rings. The summed E-state index contributed by atoms with van der Waals surface area (Å²) in [5.41, 5.74) is 6.02. The predicted octanol–water partition coefficient (Wildman–Crippen LogP) is 0.838. The number of rotatable bonds is 1. The number of aromatic nitrogens is 4. The topological polar surface area (TPSA) is 106 Å². The molecule has 0 bridgehead atoms. The summed E-state index contributed by atoms with van der Waals surface area (Å²) >= 11 is 0. The fourth-order valence-electron chi connectivity index (χ4n) is 1.45. The molecule has 7 heteroatoms. The molecule has 3 rings (SSSR count). The van der Waals surface area contributed by atoms with Crippen molar-refractivity contribution in [2.24, 2.45) is 0 Å². The van der Waals surface area contributed by atoms with Crippen LogP contribution < -0.4 is 5.73 Å². The SMILES string of the molecule is N#Cc1cnc2nc(-c3ccco3)nn2c1N. The number of nitrogens with zero attached hydrogens (tertiary/aromatic N) is 5. The lowest BCUT2D eigenvalue weighted by Crippen LogP contribution is -2.03. The third kappa shape index (κ3) is 1.32. The van der Waals surface area contributed by atoms with Gasteiger partial charge in [0.1, 0.15) is 17.5 Å². The normalized spacial score (nSPS) is 10.5. The molecule has 3 aromatic heterocycles. The van der Waals surface area contributed by atoms with Crippen molar-refractivity contribution in [3.63, 3.8) is 0 Å². The standard InChI is InChI=1S/C10H6N6O/c11-4-6-5-13-10-14-9(7-2-1-3-17-7)15-16(10)8(6)12/h1-3,5H,12H2. The van der Waals surface area contributed by atoms with Crippen LogP contribution in [0.4, 0.5) is 5.82 Å². The van der Waals surface area contributed by atoms with Crippen LogP contribution in [-0.4, -0.2) is 19.6 Å². The van der Waals surface area contributed by atoms with Crippen LogP contribution in [-0.2, 0) is 0 Å². The van der Waals surface area contributed by atoms with Crippen molar-refractivity contribution in [1.82, 2.24) is 19.6 Å². The van der Waals surface area contributed by atoms with E-state index in [2.05, 4.69) is 15.1 Å². The average molecular weight is 226 g/mol. The van der Waals surface area contributed by atoms with Crippen molar-refractivity contribution in [3.05, 3.63) is 30.2 Å². The van der Waals surface area contributed by atoms with Crippen molar-refractivity contribution in [3.8, 4) is 17.7 Å². The Kier molecular flexibility index (Phi) is 1.82. The number of nitrogens with two attached hydrogens (primary N) is 1. The van der Waals surface area contributed by atoms with Crippen molar-refractivity contribution < 1.29 is 4.42 Å². The van der Waals surface area contributed by atoms with Crippen molar-refractivity contribution in [1.29, 1.82) is 5.26 Å². The van der Waals surface area contributed by atoms with E-state index < -0.39 is 0 Å². The molecule has 0 fully saturated rings. The first-order valence-electron chi connectivity index (χ1n) is 4.75. The van der Waals surface area contributed by atoms with Crippen LogP contribution in [0.3, 0.4) is 0 Å². The van der Waals surface area contributed by atoms with Crippen LogP contribution in [0.2, 0.25) is 0 Å². The lowest BCUT2D eigenvalue weighted by atomic mass is 10.3. The first kappa shape index (κ1) is 9.35. The van der Waals surface area contributed by atoms with E-state index >= 15 is 0 Å². The molecule has 0 aliphatic carbocycles. The summed E-state index contributed by atoms with van der Waals surface area (Å²) in [7, 11) is 0. The molecule has 0 radical (unpaired) electrons. The smallest absolute Gasteiger partial charge is 0.254 e. The summed E-state index contributed by atoms with van der Waals surface area (Å²) in [5.74, 6) is 1.44. The third-order valence-electron chi connectivity index (χ3n) is 2.27. The highest BCUT2D eigenvalue weighted by atomic mass is 16.3. The minimum atomic E-state index is 0.211. The molecule has 0 saturated heterocycles. The second-order valence-electron chi connectivity index (χ2n) is 3.29. The van der Waals surface area contributed by atoms with Gasteiger partial charge in [-0.2, -0.15) is 14.8 Å². The van der Waals surface area contributed by atoms with E-state index in [0.29, 0.717) is 17.4 Å². The van der Waals surface area contributed by atoms with Gasteiger partial charge in [0.25, 0.3) is 5.78 Å². The molecule has 0 aromatic carbocycles. The van der Waals surface area contributed by atoms with Gasteiger partial charge in [-0.1, -0.05) is 0 Å². The molecule has 0 aliphatic heterocycles. The van der Waals surface area contributed by atoms with E-state index in [1.165, 1.54) is 17.0 Å². The maximum Gasteiger partial charge on any atom is 0.254 e. The molecule has 0 amide bonds. The number of furan rings is 1. The van der Waals surface area contributed by atoms with E-state index in [1.54, 1.807) is 12.1 Å². The van der Waals surface area contributed by atoms with Crippen LogP contribution in [0.5, 0.6) is 0 Å². The summed E-state index contributed by atoms with van der Waals surface area (Å²) in [6.07, 6.45) is 2.89. The zero-order valence-electron chi connectivity index (χ0n) is 8.53. The Hall–Kier alpha value is -2.88. The first-order chi connectivity index (χ1) is 8.29. The van der Waals surface area contributed by atoms with Gasteiger partial charge in [0.2, 0.25) is 5.82 Å². The molecule has 3 heterocycles. The summed E-state index contributed by atoms with van der Waals surface area (Å²) in [4.78, 5) is 8.14. The minimum absolute atomic E-state index is 0.211. The quantitative estimate of drug-likeness (QED) is 0.658. The maximum atomic E-state index is 8.82. The van der Waals surface area contributed by atoms with E-state index in [9.17, 15) is 0 Å². The number of hydrogen-bond donors (Lipinski definition) is 1. The summed E-state index contributed by atoms with van der Waals surface area (Å²) in [5, 5.41) is 13.0. The molecule has 17 heavy (non-hydrogen) atoms. The number of nitriles is 1. The van der Waals surface area contributed by atoms with E-state index in [1.807, 2.05) is 6.07 Å². The highest BCUT2D eigenvalue weighted by molar-refractivity contribution is 5.56. The monoisotopic (exact) mass is 226 g/mol. The Labute approximate surface area is 95.1 Å². The fraction of sp³-hybridized carbons (Fsp3) is 0. The van der Waals surface area contributed by atoms with E-state index in [0.717, 1.165) is 0 Å². The van der Waals surface area contributed by atoms with E-state index in [-0.39, 0.29) is 11.4 Å². The zero-order valence-corrected chi connectivity index (χ0v) is 8.53. The first-order valence-corrected chi connectivity index (χ1v) is 4.75. The van der Waals surface area contributed by atoms with Gasteiger partial charge in [-0.3, -0.25) is 0 Å². The highest BCUT2D eigenvalue weighted by Crippen LogP contribution is 2.18. The van der Waals surface area contributed by atoms with Crippen LogP contribution in [0.25, 0.3) is 17.4 Å². The molecule has 0 atom stereocenters. The third-order valence-corrected chi connectivity index (χ3v) is 2.27. The average Bonchev–Trinajstić information content (AvgIpc) is 2.98. The number of anilines is 1. The molecule has 0 spiro atoms. The summed E-state index contributed by atoms with van der Waals surface area (Å²) in [6.45, 7) is 0. The van der Waals surface area contributed by atoms with Gasteiger partial charge < -0.3 is 10.2 Å². The van der Waals surface area contributed by atoms with Gasteiger partial charge in [-0.25, -0.2) is 4.98 Å². The van der Waals surface area contributed by atoms with Crippen molar-refractivity contribution >= 4 is 11.6 Å². The number of nitrogen functional groups attached to an aromatic ring is 1. The fourth-order valence-corrected chi connectivity index (χ4v) is 1.45. The van der Waals surface area contributed by atoms with Gasteiger partial charge in [0, 0.05) is 0 Å². The Bertz CT molecular complexity index is 721. The Balaban J connectivity index is 2.27. The van der Waals surface area contributed by atoms with Gasteiger partial charge in [-0.05, 0) is 12.1 Å². The van der Waals surface area contributed by atoms with Crippen LogP contribution in [0, 0.1) is 11.3 Å². The van der Waals surface area contributed by atoms with Crippen molar-refractivity contribution in [2.45, 2.75) is 0 Å². The maximum absolute atomic E-state index is 8.82. The van der Waals surface area contributed by atoms with Gasteiger partial charge in [-0.15, -0.1) is 5.10 Å². The van der Waals surface area contributed by atoms with Crippen LogP contribution in [0.1, 0.15) is 5.56 Å². The van der Waals surface area contributed by atoms with E-state index in [4.69, 9.17) is 15.4 Å². The predicted molar refractivity (Wildman–Crippen MR) is 57.6 cm³/mol. The second kappa shape index (κ2) is 3.31. The van der Waals surface area contributed by atoms with Crippen LogP contribution in [0.15, 0.2) is 29.0 Å². The summed E-state index contributed by atoms with van der Waals surface area (Å²) in [6, 6.07) is 5.40. The van der Waals surface area contributed by atoms with Gasteiger partial charge in [0.15, 0.2) is 5.76 Å². The van der Waals surface area contributed by atoms with Crippen LogP contribution >= 0.6 is 0 Å². The molecule has 82 valence electrons. The molecule has 7 nitrogen and oxygen atoms in total. The Morgan fingerprint density at radius 2 is 2.35 bits per heavy atom. The Morgan fingerprint density at radius 1 is 1.47 bits per heavy atom. The number of hydrogen-bond acceptors (Lipinski definition) is 6. The summed E-state index contributed by atoms with van der Waals surface area (Å²) < 4.78 is 6.49. The number of fused-ring (bicyclic) bond motifs is 1. The second-order valence-corrected chi connectivity index (χ2v) is 3.29. The lowest BCUT2D eigenvalue weighted by Gasteiger charge is -1.97. The molecular weight excluding hydrogens is 220 g/mol. The molecule has 0 saturated carbocycles. The minimum Gasteiger partial charge on any atom is -0.461 e. The molecule has 2 N–H and O–H groups in total. The molecular formula is C10H6N6O. The van der Waals surface area contributed by atoms with Crippen molar-refractivity contribution in [2.75, 3.05) is 5.73 Å². The molecule has 0 unspecified atom stereocenters. The van der Waals surface area contributed by atoms with Gasteiger partial charge >= 0.3 is 0 Å². The highest BCUT2D eigenvalue weighted by Gasteiger charge is 2.13. The van der Waals surface area contributed by atoms with Gasteiger partial charge in [0.05, 0.1) is 12.5 Å². The Morgan fingerprint density at radius 3 is 3.06 bits per heavy atom. The molecule has 0 aliphatic rings. The lowest BCUT2D eigenvalue weighted by molar-refractivity contribution is 0.577. The zero-order chi connectivity index (χ0) is 11.8. The largest absolute Gasteiger partial charge is 0.461 e.